The Morgan fingerprint density at radius 3 is 2.55 bits per heavy atom. The molecule has 2 N–H and O–H groups in total. The molecule has 0 unspecified atom stereocenters. The predicted octanol–water partition coefficient (Wildman–Crippen LogP) is 2.84. The first-order valence-electron chi connectivity index (χ1n) is 7.68. The van der Waals surface area contributed by atoms with Gasteiger partial charge in [-0.15, -0.1) is 0 Å². The minimum atomic E-state index is 0.147. The van der Waals surface area contributed by atoms with E-state index in [1.807, 2.05) is 36.2 Å². The topological polar surface area (TPSA) is 46.3 Å². The first-order chi connectivity index (χ1) is 9.63. The summed E-state index contributed by atoms with van der Waals surface area (Å²) in [5, 5.41) is 0. The van der Waals surface area contributed by atoms with Crippen LogP contribution in [0.2, 0.25) is 0 Å². The maximum absolute atomic E-state index is 12.7. The van der Waals surface area contributed by atoms with Crippen LogP contribution in [-0.2, 0) is 6.42 Å². The lowest BCUT2D eigenvalue weighted by Gasteiger charge is -2.34. The minimum Gasteiger partial charge on any atom is -0.339 e. The van der Waals surface area contributed by atoms with Crippen LogP contribution < -0.4 is 5.73 Å². The van der Waals surface area contributed by atoms with Gasteiger partial charge >= 0.3 is 0 Å². The minimum absolute atomic E-state index is 0.147. The molecule has 2 rings (SSSR count). The molecule has 110 valence electrons. The van der Waals surface area contributed by atoms with Crippen molar-refractivity contribution in [2.75, 3.05) is 13.6 Å². The van der Waals surface area contributed by atoms with Crippen molar-refractivity contribution in [1.29, 1.82) is 0 Å². The Morgan fingerprint density at radius 1 is 1.25 bits per heavy atom. The molecule has 3 nitrogen and oxygen atoms in total. The van der Waals surface area contributed by atoms with Gasteiger partial charge in [0.05, 0.1) is 0 Å². The Bertz CT molecular complexity index is 450. The lowest BCUT2D eigenvalue weighted by molar-refractivity contribution is 0.0678. The summed E-state index contributed by atoms with van der Waals surface area (Å²) < 4.78 is 0. The van der Waals surface area contributed by atoms with Crippen molar-refractivity contribution in [3.8, 4) is 0 Å². The number of hydrogen-bond acceptors (Lipinski definition) is 2. The molecular weight excluding hydrogens is 248 g/mol. The van der Waals surface area contributed by atoms with Crippen LogP contribution in [0.25, 0.3) is 0 Å². The number of hydrogen-bond donors (Lipinski definition) is 1. The number of amides is 1. The number of benzene rings is 1. The monoisotopic (exact) mass is 274 g/mol. The Hall–Kier alpha value is -1.35. The molecule has 1 fully saturated rings. The summed E-state index contributed by atoms with van der Waals surface area (Å²) in [4.78, 5) is 14.7. The second-order valence-electron chi connectivity index (χ2n) is 6.03. The third kappa shape index (κ3) is 3.40. The van der Waals surface area contributed by atoms with E-state index in [4.69, 9.17) is 5.73 Å². The molecule has 0 aromatic heterocycles. The lowest BCUT2D eigenvalue weighted by atomic mass is 9.86. The predicted molar refractivity (Wildman–Crippen MR) is 82.7 cm³/mol. The molecule has 1 amide bonds. The summed E-state index contributed by atoms with van der Waals surface area (Å²) in [5.74, 6) is 0.952. The van der Waals surface area contributed by atoms with Gasteiger partial charge in [-0.05, 0) is 56.2 Å². The number of nitrogens with two attached hydrogens (primary N) is 1. The molecule has 1 aromatic rings. The van der Waals surface area contributed by atoms with Gasteiger partial charge in [-0.2, -0.15) is 0 Å². The van der Waals surface area contributed by atoms with Gasteiger partial charge in [-0.3, -0.25) is 4.79 Å². The highest BCUT2D eigenvalue weighted by atomic mass is 16.2. The number of carbonyl (C=O) groups excluding carboxylic acids is 1. The molecule has 3 heteroatoms. The molecule has 1 aliphatic rings. The molecule has 0 atom stereocenters. The van der Waals surface area contributed by atoms with Gasteiger partial charge in [-0.1, -0.05) is 25.1 Å². The Labute approximate surface area is 122 Å². The summed E-state index contributed by atoms with van der Waals surface area (Å²) in [6, 6.07) is 8.24. The quantitative estimate of drug-likeness (QED) is 0.917. The van der Waals surface area contributed by atoms with E-state index in [0.29, 0.717) is 12.6 Å². The van der Waals surface area contributed by atoms with Crippen molar-refractivity contribution in [2.24, 2.45) is 11.7 Å². The van der Waals surface area contributed by atoms with Crippen LogP contribution in [0.1, 0.15) is 48.5 Å². The van der Waals surface area contributed by atoms with Gasteiger partial charge in [-0.25, -0.2) is 0 Å². The molecule has 0 saturated heterocycles. The van der Waals surface area contributed by atoms with Gasteiger partial charge in [0.25, 0.3) is 5.91 Å². The first kappa shape index (κ1) is 15.0. The molecule has 20 heavy (non-hydrogen) atoms. The zero-order valence-corrected chi connectivity index (χ0v) is 12.6. The van der Waals surface area contributed by atoms with Crippen LogP contribution in [0.15, 0.2) is 24.3 Å². The van der Waals surface area contributed by atoms with Gasteiger partial charge in [0.15, 0.2) is 0 Å². The highest BCUT2D eigenvalue weighted by Gasteiger charge is 2.26. The number of nitrogens with zero attached hydrogens (tertiary/aromatic N) is 1. The van der Waals surface area contributed by atoms with Crippen molar-refractivity contribution in [3.63, 3.8) is 0 Å². The fourth-order valence-corrected chi connectivity index (χ4v) is 3.09. The Kier molecular flexibility index (Phi) is 5.18. The standard InChI is InChI=1S/C17H26N2O/c1-13-7-9-15(10-8-13)19(2)17(20)16-6-4-3-5-14(16)11-12-18/h3-6,13,15H,7-12,18H2,1-2H3. The second-order valence-corrected chi connectivity index (χ2v) is 6.03. The smallest absolute Gasteiger partial charge is 0.254 e. The van der Waals surface area contributed by atoms with Crippen LogP contribution in [0, 0.1) is 5.92 Å². The van der Waals surface area contributed by atoms with Crippen LogP contribution >= 0.6 is 0 Å². The van der Waals surface area contributed by atoms with Gasteiger partial charge in [0.1, 0.15) is 0 Å². The van der Waals surface area contributed by atoms with E-state index in [9.17, 15) is 4.79 Å². The van der Waals surface area contributed by atoms with E-state index in [0.717, 1.165) is 36.3 Å². The van der Waals surface area contributed by atoms with Crippen molar-refractivity contribution >= 4 is 5.91 Å². The third-order valence-electron chi connectivity index (χ3n) is 4.51. The summed E-state index contributed by atoms with van der Waals surface area (Å²) in [6.07, 6.45) is 5.47. The zero-order chi connectivity index (χ0) is 14.5. The van der Waals surface area contributed by atoms with Crippen molar-refractivity contribution in [3.05, 3.63) is 35.4 Å². The van der Waals surface area contributed by atoms with Crippen LogP contribution in [-0.4, -0.2) is 30.4 Å². The highest BCUT2D eigenvalue weighted by molar-refractivity contribution is 5.95. The van der Waals surface area contributed by atoms with Crippen LogP contribution in [0.5, 0.6) is 0 Å². The summed E-state index contributed by atoms with van der Waals surface area (Å²) >= 11 is 0. The summed E-state index contributed by atoms with van der Waals surface area (Å²) in [7, 11) is 1.95. The Morgan fingerprint density at radius 2 is 1.90 bits per heavy atom. The molecule has 0 bridgehead atoms. The molecule has 0 heterocycles. The average molecular weight is 274 g/mol. The maximum atomic E-state index is 12.7. The normalized spacial score (nSPS) is 22.6. The second kappa shape index (κ2) is 6.89. The SMILES string of the molecule is CC1CCC(N(C)C(=O)c2ccccc2CCN)CC1. The number of rotatable bonds is 4. The van der Waals surface area contributed by atoms with Crippen molar-refractivity contribution < 1.29 is 4.79 Å². The third-order valence-corrected chi connectivity index (χ3v) is 4.51. The summed E-state index contributed by atoms with van der Waals surface area (Å²) in [6.45, 7) is 2.88. The van der Waals surface area contributed by atoms with Crippen molar-refractivity contribution in [1.82, 2.24) is 4.90 Å². The summed E-state index contributed by atoms with van der Waals surface area (Å²) in [5.41, 5.74) is 7.52. The molecule has 0 aliphatic heterocycles. The fourth-order valence-electron chi connectivity index (χ4n) is 3.09. The molecule has 1 saturated carbocycles. The molecule has 0 spiro atoms. The van der Waals surface area contributed by atoms with E-state index >= 15 is 0 Å². The molecular formula is C17H26N2O. The fraction of sp³-hybridized carbons (Fsp3) is 0.588. The van der Waals surface area contributed by atoms with E-state index in [-0.39, 0.29) is 5.91 Å². The van der Waals surface area contributed by atoms with Crippen LogP contribution in [0.3, 0.4) is 0 Å². The maximum Gasteiger partial charge on any atom is 0.254 e. The van der Waals surface area contributed by atoms with E-state index in [1.54, 1.807) is 0 Å². The molecule has 1 aromatic carbocycles. The highest BCUT2D eigenvalue weighted by Crippen LogP contribution is 2.27. The van der Waals surface area contributed by atoms with Gasteiger partial charge < -0.3 is 10.6 Å². The van der Waals surface area contributed by atoms with E-state index < -0.39 is 0 Å². The average Bonchev–Trinajstić information content (AvgIpc) is 2.47. The lowest BCUT2D eigenvalue weighted by Crippen LogP contribution is -2.39. The van der Waals surface area contributed by atoms with E-state index in [1.165, 1.54) is 12.8 Å². The van der Waals surface area contributed by atoms with Crippen LogP contribution in [0.4, 0.5) is 0 Å². The van der Waals surface area contributed by atoms with Gasteiger partial charge in [0.2, 0.25) is 0 Å². The Balaban J connectivity index is 2.10. The number of carbonyl (C=O) groups is 1. The van der Waals surface area contributed by atoms with E-state index in [2.05, 4.69) is 6.92 Å². The van der Waals surface area contributed by atoms with Crippen molar-refractivity contribution in [2.45, 2.75) is 45.1 Å². The molecule has 1 aliphatic carbocycles. The largest absolute Gasteiger partial charge is 0.339 e. The molecule has 0 radical (unpaired) electrons. The first-order valence-corrected chi connectivity index (χ1v) is 7.68. The van der Waals surface area contributed by atoms with Gasteiger partial charge in [0, 0.05) is 18.7 Å². The zero-order valence-electron chi connectivity index (χ0n) is 12.6.